The maximum absolute atomic E-state index is 14.2. The van der Waals surface area contributed by atoms with E-state index in [4.69, 9.17) is 11.1 Å². The van der Waals surface area contributed by atoms with Crippen molar-refractivity contribution in [1.29, 1.82) is 5.41 Å². The number of anilines is 1. The molecule has 19 heavy (non-hydrogen) atoms. The van der Waals surface area contributed by atoms with Crippen molar-refractivity contribution in [2.45, 2.75) is 18.9 Å². The highest BCUT2D eigenvalue weighted by Crippen LogP contribution is 2.28. The van der Waals surface area contributed by atoms with Gasteiger partial charge >= 0.3 is 0 Å². The molecule has 0 aliphatic carbocycles. The Hall–Kier alpha value is -1.62. The van der Waals surface area contributed by atoms with Gasteiger partial charge in [-0.25, -0.2) is 4.39 Å². The molecule has 1 aliphatic rings. The second-order valence-corrected chi connectivity index (χ2v) is 5.33. The topological polar surface area (TPSA) is 56.4 Å². The van der Waals surface area contributed by atoms with Crippen LogP contribution in [-0.2, 0) is 0 Å². The molecule has 0 saturated carbocycles. The molecule has 1 unspecified atom stereocenters. The minimum atomic E-state index is -0.293. The first-order chi connectivity index (χ1) is 8.99. The number of nitrogen functional groups attached to an aromatic ring is 1. The minimum absolute atomic E-state index is 0.100. The number of benzene rings is 1. The smallest absolute Gasteiger partial charge is 0.147 e. The van der Waals surface area contributed by atoms with Crippen molar-refractivity contribution in [1.82, 2.24) is 4.90 Å². The van der Waals surface area contributed by atoms with Gasteiger partial charge in [0.25, 0.3) is 0 Å². The Morgan fingerprint density at radius 1 is 1.53 bits per heavy atom. The first-order valence-corrected chi connectivity index (χ1v) is 6.54. The second kappa shape index (κ2) is 5.57. The molecule has 2 rings (SSSR count). The van der Waals surface area contributed by atoms with E-state index in [1.165, 1.54) is 6.07 Å². The van der Waals surface area contributed by atoms with Gasteiger partial charge < -0.3 is 15.5 Å². The molecule has 3 N–H and O–H groups in total. The van der Waals surface area contributed by atoms with E-state index in [9.17, 15) is 4.39 Å². The molecule has 104 valence electrons. The van der Waals surface area contributed by atoms with Crippen LogP contribution < -0.4 is 10.6 Å². The predicted octanol–water partition coefficient (Wildman–Crippen LogP) is 1.64. The van der Waals surface area contributed by atoms with Gasteiger partial charge in [-0.2, -0.15) is 0 Å². The summed E-state index contributed by atoms with van der Waals surface area (Å²) in [6.45, 7) is 1.81. The van der Waals surface area contributed by atoms with E-state index in [0.717, 1.165) is 25.9 Å². The molecule has 0 bridgehead atoms. The zero-order valence-electron chi connectivity index (χ0n) is 11.5. The van der Waals surface area contributed by atoms with Crippen LogP contribution in [-0.4, -0.2) is 44.0 Å². The molecule has 1 aromatic carbocycles. The Labute approximate surface area is 113 Å². The fourth-order valence-corrected chi connectivity index (χ4v) is 2.67. The van der Waals surface area contributed by atoms with E-state index < -0.39 is 0 Å². The van der Waals surface area contributed by atoms with Crippen molar-refractivity contribution >= 4 is 11.5 Å². The lowest BCUT2D eigenvalue weighted by molar-refractivity contribution is 0.371. The second-order valence-electron chi connectivity index (χ2n) is 5.33. The third kappa shape index (κ3) is 3.04. The van der Waals surface area contributed by atoms with Gasteiger partial charge in [-0.3, -0.25) is 5.41 Å². The van der Waals surface area contributed by atoms with E-state index in [1.807, 2.05) is 14.1 Å². The summed E-state index contributed by atoms with van der Waals surface area (Å²) < 4.78 is 14.2. The van der Waals surface area contributed by atoms with Crippen LogP contribution in [0.15, 0.2) is 18.2 Å². The van der Waals surface area contributed by atoms with E-state index in [2.05, 4.69) is 9.80 Å². The van der Waals surface area contributed by atoms with Gasteiger partial charge in [0.15, 0.2) is 0 Å². The minimum Gasteiger partial charge on any atom is -0.384 e. The van der Waals surface area contributed by atoms with E-state index in [1.54, 1.807) is 12.1 Å². The number of rotatable bonds is 4. The van der Waals surface area contributed by atoms with Crippen LogP contribution in [0.25, 0.3) is 0 Å². The van der Waals surface area contributed by atoms with Crippen molar-refractivity contribution in [3.05, 3.63) is 29.6 Å². The van der Waals surface area contributed by atoms with Gasteiger partial charge in [0, 0.05) is 24.7 Å². The normalized spacial score (nSPS) is 19.2. The van der Waals surface area contributed by atoms with Gasteiger partial charge in [-0.15, -0.1) is 0 Å². The van der Waals surface area contributed by atoms with Crippen LogP contribution >= 0.6 is 0 Å². The van der Waals surface area contributed by atoms with Gasteiger partial charge in [0.05, 0.1) is 5.69 Å². The highest BCUT2D eigenvalue weighted by atomic mass is 19.1. The zero-order valence-corrected chi connectivity index (χ0v) is 11.5. The Morgan fingerprint density at radius 3 is 2.84 bits per heavy atom. The summed E-state index contributed by atoms with van der Waals surface area (Å²) in [4.78, 5) is 4.25. The third-order valence-electron chi connectivity index (χ3n) is 3.52. The van der Waals surface area contributed by atoms with Crippen LogP contribution in [0.2, 0.25) is 0 Å². The van der Waals surface area contributed by atoms with Gasteiger partial charge in [-0.05, 0) is 45.1 Å². The summed E-state index contributed by atoms with van der Waals surface area (Å²) in [5.74, 6) is -0.393. The number of nitrogens with zero attached hydrogens (tertiary/aromatic N) is 2. The molecular formula is C14H21FN4. The number of likely N-dealkylation sites (N-methyl/N-ethyl adjacent to an activating group) is 1. The van der Waals surface area contributed by atoms with Crippen LogP contribution in [0.4, 0.5) is 10.1 Å². The standard InChI is InChI=1S/C14H21FN4/c1-18(2)9-11-4-3-7-19(11)13-6-5-10(14(16)17)8-12(13)15/h5-6,8,11H,3-4,7,9H2,1-2H3,(H3,16,17). The molecule has 0 aromatic heterocycles. The van der Waals surface area contributed by atoms with Crippen molar-refractivity contribution in [2.75, 3.05) is 32.1 Å². The highest BCUT2D eigenvalue weighted by molar-refractivity contribution is 5.95. The Morgan fingerprint density at radius 2 is 2.26 bits per heavy atom. The molecule has 1 aromatic rings. The summed E-state index contributed by atoms with van der Waals surface area (Å²) >= 11 is 0. The van der Waals surface area contributed by atoms with Gasteiger partial charge in [0.2, 0.25) is 0 Å². The molecule has 1 atom stereocenters. The Balaban J connectivity index is 2.23. The fourth-order valence-electron chi connectivity index (χ4n) is 2.67. The first kappa shape index (κ1) is 13.8. The quantitative estimate of drug-likeness (QED) is 0.642. The average molecular weight is 264 g/mol. The van der Waals surface area contributed by atoms with Crippen molar-refractivity contribution in [3.8, 4) is 0 Å². The van der Waals surface area contributed by atoms with Crippen LogP contribution in [0, 0.1) is 11.2 Å². The number of nitrogens with one attached hydrogen (secondary N) is 1. The molecule has 1 fully saturated rings. The lowest BCUT2D eigenvalue weighted by Gasteiger charge is -2.29. The monoisotopic (exact) mass is 264 g/mol. The molecule has 1 aliphatic heterocycles. The lowest BCUT2D eigenvalue weighted by atomic mass is 10.1. The molecule has 1 saturated heterocycles. The summed E-state index contributed by atoms with van der Waals surface area (Å²) in [5.41, 5.74) is 6.43. The maximum atomic E-state index is 14.2. The molecule has 0 amide bonds. The first-order valence-electron chi connectivity index (χ1n) is 6.54. The predicted molar refractivity (Wildman–Crippen MR) is 76.3 cm³/mol. The third-order valence-corrected chi connectivity index (χ3v) is 3.52. The van der Waals surface area contributed by atoms with Crippen LogP contribution in [0.3, 0.4) is 0 Å². The number of halogens is 1. The SMILES string of the molecule is CN(C)CC1CCCN1c1ccc(C(=N)N)cc1F. The summed E-state index contributed by atoms with van der Waals surface area (Å²) in [6, 6.07) is 5.15. The van der Waals surface area contributed by atoms with Crippen molar-refractivity contribution in [3.63, 3.8) is 0 Å². The molecule has 0 spiro atoms. The average Bonchev–Trinajstić information content (AvgIpc) is 2.75. The van der Waals surface area contributed by atoms with Gasteiger partial charge in [-0.1, -0.05) is 0 Å². The van der Waals surface area contributed by atoms with E-state index in [-0.39, 0.29) is 11.7 Å². The van der Waals surface area contributed by atoms with E-state index >= 15 is 0 Å². The molecule has 0 radical (unpaired) electrons. The summed E-state index contributed by atoms with van der Waals surface area (Å²) in [5, 5.41) is 7.33. The lowest BCUT2D eigenvalue weighted by Crippen LogP contribution is -2.38. The number of hydrogen-bond donors (Lipinski definition) is 2. The van der Waals surface area contributed by atoms with Crippen molar-refractivity contribution < 1.29 is 4.39 Å². The number of hydrogen-bond acceptors (Lipinski definition) is 3. The zero-order chi connectivity index (χ0) is 14.0. The number of amidine groups is 1. The highest BCUT2D eigenvalue weighted by Gasteiger charge is 2.27. The molecular weight excluding hydrogens is 243 g/mol. The Kier molecular flexibility index (Phi) is 4.04. The van der Waals surface area contributed by atoms with Crippen LogP contribution in [0.1, 0.15) is 18.4 Å². The Bertz CT molecular complexity index is 473. The fraction of sp³-hybridized carbons (Fsp3) is 0.500. The van der Waals surface area contributed by atoms with Crippen LogP contribution in [0.5, 0.6) is 0 Å². The van der Waals surface area contributed by atoms with Crippen molar-refractivity contribution in [2.24, 2.45) is 5.73 Å². The molecule has 1 heterocycles. The maximum Gasteiger partial charge on any atom is 0.147 e. The molecule has 4 nitrogen and oxygen atoms in total. The van der Waals surface area contributed by atoms with Gasteiger partial charge in [0.1, 0.15) is 11.7 Å². The summed E-state index contributed by atoms with van der Waals surface area (Å²) in [6.07, 6.45) is 2.18. The summed E-state index contributed by atoms with van der Waals surface area (Å²) in [7, 11) is 4.07. The molecule has 5 heteroatoms. The largest absolute Gasteiger partial charge is 0.384 e. The number of nitrogens with two attached hydrogens (primary N) is 1. The van der Waals surface area contributed by atoms with E-state index in [0.29, 0.717) is 17.3 Å².